The molecule has 0 bridgehead atoms. The number of aromatic nitrogens is 3. The predicted molar refractivity (Wildman–Crippen MR) is 102 cm³/mol. The van der Waals surface area contributed by atoms with Crippen molar-refractivity contribution in [3.63, 3.8) is 0 Å². The van der Waals surface area contributed by atoms with Crippen LogP contribution in [-0.4, -0.2) is 27.2 Å². The van der Waals surface area contributed by atoms with Gasteiger partial charge in [0.05, 0.1) is 36.1 Å². The lowest BCUT2D eigenvalue weighted by Gasteiger charge is -2.31. The van der Waals surface area contributed by atoms with E-state index in [-0.39, 0.29) is 11.2 Å². The molecule has 1 aromatic carbocycles. The summed E-state index contributed by atoms with van der Waals surface area (Å²) in [6.45, 7) is 4.51. The molecule has 0 radical (unpaired) electrons. The Bertz CT molecular complexity index is 1110. The zero-order valence-electron chi connectivity index (χ0n) is 14.8. The monoisotopic (exact) mass is 369 g/mol. The van der Waals surface area contributed by atoms with Crippen LogP contribution < -0.4 is 10.3 Å². The van der Waals surface area contributed by atoms with Crippen LogP contribution in [0.4, 0.5) is 0 Å². The van der Waals surface area contributed by atoms with Gasteiger partial charge in [0.2, 0.25) is 0 Å². The molecule has 0 saturated heterocycles. The van der Waals surface area contributed by atoms with Gasteiger partial charge in [0.1, 0.15) is 11.4 Å². The standard InChI is InChI=1S/C19H19N3O3S/c1-19(2)9-15-11(10-25-19)8-14-16(20-15)21-18(26)22(17(14)23)12-4-6-13(24-3)7-5-12/h4-8H,9-10H2,1-3H3,(H,20,21,26). The lowest BCUT2D eigenvalue weighted by Crippen LogP contribution is -2.33. The SMILES string of the molecule is COc1ccc(-n2c(=S)[nH]c3nc4c(cc3c2=O)COC(C)(C)C4)cc1. The molecule has 1 aliphatic heterocycles. The molecule has 0 saturated carbocycles. The predicted octanol–water partition coefficient (Wildman–Crippen LogP) is 3.30. The molecular formula is C19H19N3O3S. The van der Waals surface area contributed by atoms with Crippen LogP contribution in [0.2, 0.25) is 0 Å². The summed E-state index contributed by atoms with van der Waals surface area (Å²) in [5, 5.41) is 0.497. The van der Waals surface area contributed by atoms with E-state index in [1.165, 1.54) is 4.57 Å². The van der Waals surface area contributed by atoms with Gasteiger partial charge in [0.15, 0.2) is 4.77 Å². The number of nitrogens with one attached hydrogen (secondary N) is 1. The average Bonchev–Trinajstić information content (AvgIpc) is 2.60. The Morgan fingerprint density at radius 1 is 1.31 bits per heavy atom. The van der Waals surface area contributed by atoms with Gasteiger partial charge in [0.25, 0.3) is 5.56 Å². The maximum atomic E-state index is 13.1. The summed E-state index contributed by atoms with van der Waals surface area (Å²) in [6, 6.07) is 9.05. The molecule has 0 fully saturated rings. The maximum absolute atomic E-state index is 13.1. The molecule has 7 heteroatoms. The Kier molecular flexibility index (Phi) is 3.93. The third-order valence-corrected chi connectivity index (χ3v) is 4.88. The van der Waals surface area contributed by atoms with E-state index in [9.17, 15) is 4.79 Å². The number of fused-ring (bicyclic) bond motifs is 2. The van der Waals surface area contributed by atoms with E-state index in [0.29, 0.717) is 40.3 Å². The van der Waals surface area contributed by atoms with E-state index in [4.69, 9.17) is 21.7 Å². The minimum absolute atomic E-state index is 0.200. The molecule has 4 rings (SSSR count). The Morgan fingerprint density at radius 3 is 2.73 bits per heavy atom. The zero-order valence-corrected chi connectivity index (χ0v) is 15.6. The minimum atomic E-state index is -0.261. The van der Waals surface area contributed by atoms with E-state index < -0.39 is 0 Å². The van der Waals surface area contributed by atoms with Crippen LogP contribution in [0.25, 0.3) is 16.7 Å². The van der Waals surface area contributed by atoms with Crippen LogP contribution in [0.3, 0.4) is 0 Å². The van der Waals surface area contributed by atoms with Gasteiger partial charge in [-0.2, -0.15) is 0 Å². The van der Waals surface area contributed by atoms with Crippen molar-refractivity contribution in [2.24, 2.45) is 0 Å². The normalized spacial score (nSPS) is 15.7. The van der Waals surface area contributed by atoms with Crippen LogP contribution in [0, 0.1) is 4.77 Å². The second-order valence-electron chi connectivity index (χ2n) is 6.98. The first-order valence-electron chi connectivity index (χ1n) is 8.34. The Balaban J connectivity index is 1.91. The molecule has 6 nitrogen and oxygen atoms in total. The van der Waals surface area contributed by atoms with Crippen molar-refractivity contribution in [1.29, 1.82) is 0 Å². The molecule has 0 atom stereocenters. The van der Waals surface area contributed by atoms with E-state index in [1.807, 2.05) is 19.9 Å². The molecule has 134 valence electrons. The molecule has 0 unspecified atom stereocenters. The van der Waals surface area contributed by atoms with Crippen molar-refractivity contribution in [1.82, 2.24) is 14.5 Å². The fraction of sp³-hybridized carbons (Fsp3) is 0.316. The summed E-state index contributed by atoms with van der Waals surface area (Å²) in [5.74, 6) is 0.716. The minimum Gasteiger partial charge on any atom is -0.497 e. The van der Waals surface area contributed by atoms with Gasteiger partial charge in [-0.3, -0.25) is 9.36 Å². The number of rotatable bonds is 2. The first-order chi connectivity index (χ1) is 12.4. The highest BCUT2D eigenvalue weighted by atomic mass is 32.1. The number of ether oxygens (including phenoxy) is 2. The van der Waals surface area contributed by atoms with Gasteiger partial charge in [-0.1, -0.05) is 0 Å². The van der Waals surface area contributed by atoms with Gasteiger partial charge in [-0.15, -0.1) is 0 Å². The number of nitrogens with zero attached hydrogens (tertiary/aromatic N) is 2. The van der Waals surface area contributed by atoms with E-state index in [1.54, 1.807) is 31.4 Å². The number of methoxy groups -OCH3 is 1. The molecule has 0 spiro atoms. The van der Waals surface area contributed by atoms with E-state index in [2.05, 4.69) is 9.97 Å². The maximum Gasteiger partial charge on any atom is 0.268 e. The summed E-state index contributed by atoms with van der Waals surface area (Å²) >= 11 is 5.42. The molecular weight excluding hydrogens is 350 g/mol. The molecule has 0 aliphatic carbocycles. The molecule has 1 N–H and O–H groups in total. The average molecular weight is 369 g/mol. The summed E-state index contributed by atoms with van der Waals surface area (Å²) in [4.78, 5) is 20.8. The molecule has 3 aromatic rings. The second kappa shape index (κ2) is 6.03. The second-order valence-corrected chi connectivity index (χ2v) is 7.37. The van der Waals surface area contributed by atoms with Gasteiger partial charge in [-0.25, -0.2) is 4.98 Å². The quantitative estimate of drug-likeness (QED) is 0.702. The Morgan fingerprint density at radius 2 is 2.04 bits per heavy atom. The molecule has 0 amide bonds. The summed E-state index contributed by atoms with van der Waals surface area (Å²) in [5.41, 5.74) is 2.62. The Hall–Kier alpha value is -2.51. The van der Waals surface area contributed by atoms with Gasteiger partial charge < -0.3 is 14.5 Å². The van der Waals surface area contributed by atoms with E-state index >= 15 is 0 Å². The highest BCUT2D eigenvalue weighted by Gasteiger charge is 2.28. The van der Waals surface area contributed by atoms with Gasteiger partial charge >= 0.3 is 0 Å². The van der Waals surface area contributed by atoms with Crippen molar-refractivity contribution in [2.45, 2.75) is 32.5 Å². The van der Waals surface area contributed by atoms with Crippen molar-refractivity contribution in [2.75, 3.05) is 7.11 Å². The van der Waals surface area contributed by atoms with Crippen LogP contribution in [0.5, 0.6) is 5.75 Å². The highest BCUT2D eigenvalue weighted by Crippen LogP contribution is 2.27. The van der Waals surface area contributed by atoms with Crippen molar-refractivity contribution < 1.29 is 9.47 Å². The number of pyridine rings is 1. The topological polar surface area (TPSA) is 69.1 Å². The number of hydrogen-bond acceptors (Lipinski definition) is 5. The fourth-order valence-electron chi connectivity index (χ4n) is 3.19. The first-order valence-corrected chi connectivity index (χ1v) is 8.75. The van der Waals surface area contributed by atoms with E-state index in [0.717, 1.165) is 11.3 Å². The fourth-order valence-corrected chi connectivity index (χ4v) is 3.48. The van der Waals surface area contributed by atoms with Crippen LogP contribution in [-0.2, 0) is 17.8 Å². The molecule has 1 aliphatic rings. The van der Waals surface area contributed by atoms with Gasteiger partial charge in [-0.05, 0) is 56.4 Å². The largest absolute Gasteiger partial charge is 0.497 e. The number of H-pyrrole nitrogens is 1. The Labute approximate surface area is 155 Å². The summed E-state index contributed by atoms with van der Waals surface area (Å²) in [6.07, 6.45) is 0.695. The van der Waals surface area contributed by atoms with Crippen molar-refractivity contribution in [3.05, 3.63) is 56.7 Å². The summed E-state index contributed by atoms with van der Waals surface area (Å²) in [7, 11) is 1.60. The number of aromatic amines is 1. The lowest BCUT2D eigenvalue weighted by atomic mass is 9.95. The first kappa shape index (κ1) is 16.9. The lowest BCUT2D eigenvalue weighted by molar-refractivity contribution is -0.0411. The summed E-state index contributed by atoms with van der Waals surface area (Å²) < 4.78 is 12.8. The third kappa shape index (κ3) is 2.83. The number of benzene rings is 1. The highest BCUT2D eigenvalue weighted by molar-refractivity contribution is 7.71. The molecule has 3 heterocycles. The van der Waals surface area contributed by atoms with Gasteiger partial charge in [0, 0.05) is 12.0 Å². The smallest absolute Gasteiger partial charge is 0.268 e. The van der Waals surface area contributed by atoms with Crippen LogP contribution in [0.15, 0.2) is 35.1 Å². The zero-order chi connectivity index (χ0) is 18.5. The number of hydrogen-bond donors (Lipinski definition) is 1. The van der Waals surface area contributed by atoms with Crippen molar-refractivity contribution in [3.8, 4) is 11.4 Å². The van der Waals surface area contributed by atoms with Crippen LogP contribution >= 0.6 is 12.2 Å². The third-order valence-electron chi connectivity index (χ3n) is 4.60. The molecule has 26 heavy (non-hydrogen) atoms. The van der Waals surface area contributed by atoms with Crippen LogP contribution in [0.1, 0.15) is 25.1 Å². The molecule has 2 aromatic heterocycles. The van der Waals surface area contributed by atoms with Crippen molar-refractivity contribution >= 4 is 23.3 Å².